The van der Waals surface area contributed by atoms with Gasteiger partial charge in [0.25, 0.3) is 0 Å². The van der Waals surface area contributed by atoms with Gasteiger partial charge in [0, 0.05) is 24.2 Å². The molecule has 2 aromatic rings. The lowest BCUT2D eigenvalue weighted by Crippen LogP contribution is -2.19. The van der Waals surface area contributed by atoms with Gasteiger partial charge in [-0.05, 0) is 38.0 Å². The van der Waals surface area contributed by atoms with Crippen LogP contribution in [0, 0.1) is 13.8 Å². The summed E-state index contributed by atoms with van der Waals surface area (Å²) in [5, 5.41) is 13.4. The van der Waals surface area contributed by atoms with Crippen molar-refractivity contribution in [2.45, 2.75) is 33.4 Å². The van der Waals surface area contributed by atoms with Crippen molar-refractivity contribution in [3.8, 4) is 11.5 Å². The van der Waals surface area contributed by atoms with E-state index < -0.39 is 0 Å². The molecule has 2 aromatic carbocycles. The van der Waals surface area contributed by atoms with Gasteiger partial charge in [-0.1, -0.05) is 29.8 Å². The maximum absolute atomic E-state index is 9.98. The van der Waals surface area contributed by atoms with Gasteiger partial charge in [0.15, 0.2) is 0 Å². The molecule has 3 nitrogen and oxygen atoms in total. The average molecular weight is 285 g/mol. The van der Waals surface area contributed by atoms with E-state index in [2.05, 4.69) is 44.3 Å². The predicted octanol–water partition coefficient (Wildman–Crippen LogP) is 3.87. The van der Waals surface area contributed by atoms with Crippen molar-refractivity contribution >= 4 is 0 Å². The van der Waals surface area contributed by atoms with Crippen LogP contribution in [-0.2, 0) is 6.54 Å². The first-order valence-corrected chi connectivity index (χ1v) is 7.17. The second kappa shape index (κ2) is 6.64. The van der Waals surface area contributed by atoms with Crippen LogP contribution in [0.3, 0.4) is 0 Å². The normalized spacial score (nSPS) is 12.2. The molecule has 21 heavy (non-hydrogen) atoms. The number of phenols is 1. The van der Waals surface area contributed by atoms with Gasteiger partial charge in [0.2, 0.25) is 0 Å². The minimum atomic E-state index is 0.228. The summed E-state index contributed by atoms with van der Waals surface area (Å²) in [6, 6.07) is 12.1. The van der Waals surface area contributed by atoms with E-state index in [9.17, 15) is 5.11 Å². The van der Waals surface area contributed by atoms with Crippen LogP contribution < -0.4 is 10.1 Å². The third kappa shape index (κ3) is 3.76. The van der Waals surface area contributed by atoms with E-state index in [0.29, 0.717) is 12.3 Å². The predicted molar refractivity (Wildman–Crippen MR) is 85.8 cm³/mol. The number of ether oxygens (including phenoxy) is 1. The number of rotatable bonds is 5. The molecule has 2 N–H and O–H groups in total. The lowest BCUT2D eigenvalue weighted by atomic mass is 10.00. The molecule has 0 amide bonds. The molecule has 0 fully saturated rings. The largest absolute Gasteiger partial charge is 0.507 e. The molecule has 3 heteroatoms. The van der Waals surface area contributed by atoms with Gasteiger partial charge in [0.1, 0.15) is 11.5 Å². The molecule has 2 rings (SSSR count). The Bertz CT molecular complexity index is 623. The lowest BCUT2D eigenvalue weighted by Gasteiger charge is -2.18. The molecule has 0 aromatic heterocycles. The van der Waals surface area contributed by atoms with Crippen molar-refractivity contribution in [1.82, 2.24) is 5.32 Å². The molecule has 0 saturated heterocycles. The Balaban J connectivity index is 2.07. The Labute approximate surface area is 126 Å². The number of aromatic hydroxyl groups is 1. The fraction of sp³-hybridized carbons (Fsp3) is 0.333. The number of benzene rings is 2. The highest BCUT2D eigenvalue weighted by atomic mass is 16.5. The smallest absolute Gasteiger partial charge is 0.123 e. The summed E-state index contributed by atoms with van der Waals surface area (Å²) in [7, 11) is 1.59. The zero-order valence-electron chi connectivity index (χ0n) is 13.1. The maximum Gasteiger partial charge on any atom is 0.123 e. The fourth-order valence-corrected chi connectivity index (χ4v) is 2.42. The molecule has 1 unspecified atom stereocenters. The van der Waals surface area contributed by atoms with Gasteiger partial charge in [-0.25, -0.2) is 0 Å². The maximum atomic E-state index is 9.98. The van der Waals surface area contributed by atoms with Crippen LogP contribution >= 0.6 is 0 Å². The van der Waals surface area contributed by atoms with Crippen LogP contribution in [0.2, 0.25) is 0 Å². The first-order valence-electron chi connectivity index (χ1n) is 7.17. The zero-order valence-corrected chi connectivity index (χ0v) is 13.1. The zero-order chi connectivity index (χ0) is 15.4. The van der Waals surface area contributed by atoms with Gasteiger partial charge in [-0.2, -0.15) is 0 Å². The second-order valence-electron chi connectivity index (χ2n) is 5.46. The van der Waals surface area contributed by atoms with Crippen LogP contribution in [0.15, 0.2) is 36.4 Å². The molecule has 0 spiro atoms. The molecule has 0 saturated carbocycles. The monoisotopic (exact) mass is 285 g/mol. The van der Waals surface area contributed by atoms with E-state index in [-0.39, 0.29) is 11.8 Å². The Morgan fingerprint density at radius 1 is 1.14 bits per heavy atom. The minimum absolute atomic E-state index is 0.228. The van der Waals surface area contributed by atoms with Crippen molar-refractivity contribution in [2.75, 3.05) is 7.11 Å². The summed E-state index contributed by atoms with van der Waals surface area (Å²) in [5.41, 5.74) is 4.70. The van der Waals surface area contributed by atoms with Crippen LogP contribution in [0.5, 0.6) is 11.5 Å². The van der Waals surface area contributed by atoms with Crippen LogP contribution in [0.25, 0.3) is 0 Å². The van der Waals surface area contributed by atoms with E-state index in [1.54, 1.807) is 13.2 Å². The molecule has 0 aliphatic carbocycles. The Kier molecular flexibility index (Phi) is 4.86. The first kappa shape index (κ1) is 15.4. The summed E-state index contributed by atoms with van der Waals surface area (Å²) >= 11 is 0. The molecular formula is C18H23NO2. The summed E-state index contributed by atoms with van der Waals surface area (Å²) in [5.74, 6) is 0.925. The van der Waals surface area contributed by atoms with Crippen molar-refractivity contribution in [3.63, 3.8) is 0 Å². The number of methoxy groups -OCH3 is 1. The summed E-state index contributed by atoms with van der Waals surface area (Å²) in [6.07, 6.45) is 0. The summed E-state index contributed by atoms with van der Waals surface area (Å²) in [6.45, 7) is 6.98. The van der Waals surface area contributed by atoms with Crippen LogP contribution in [-0.4, -0.2) is 12.2 Å². The SMILES string of the molecule is COc1ccc(CNC(C)c2cc(C)ccc2C)c(O)c1. The highest BCUT2D eigenvalue weighted by molar-refractivity contribution is 5.40. The third-order valence-corrected chi connectivity index (χ3v) is 3.79. The van der Waals surface area contributed by atoms with E-state index in [0.717, 1.165) is 5.56 Å². The first-order chi connectivity index (χ1) is 10.0. The third-order valence-electron chi connectivity index (χ3n) is 3.79. The quantitative estimate of drug-likeness (QED) is 0.876. The minimum Gasteiger partial charge on any atom is -0.507 e. The number of aryl methyl sites for hydroxylation is 2. The van der Waals surface area contributed by atoms with Crippen molar-refractivity contribution in [1.29, 1.82) is 0 Å². The van der Waals surface area contributed by atoms with Crippen molar-refractivity contribution < 1.29 is 9.84 Å². The van der Waals surface area contributed by atoms with E-state index in [1.807, 2.05) is 12.1 Å². The van der Waals surface area contributed by atoms with Gasteiger partial charge in [-0.3, -0.25) is 0 Å². The number of hydrogen-bond donors (Lipinski definition) is 2. The number of phenolic OH excluding ortho intramolecular Hbond substituents is 1. The number of nitrogens with one attached hydrogen (secondary N) is 1. The van der Waals surface area contributed by atoms with Crippen molar-refractivity contribution in [3.05, 3.63) is 58.7 Å². The van der Waals surface area contributed by atoms with Gasteiger partial charge in [-0.15, -0.1) is 0 Å². The standard InChI is InChI=1S/C18H23NO2/c1-12-5-6-13(2)17(9-12)14(3)19-11-15-7-8-16(21-4)10-18(15)20/h5-10,14,19-20H,11H2,1-4H3. The Morgan fingerprint density at radius 2 is 1.90 bits per heavy atom. The highest BCUT2D eigenvalue weighted by Gasteiger charge is 2.10. The van der Waals surface area contributed by atoms with E-state index in [1.165, 1.54) is 16.7 Å². The molecule has 0 aliphatic heterocycles. The topological polar surface area (TPSA) is 41.5 Å². The Hall–Kier alpha value is -2.00. The molecular weight excluding hydrogens is 262 g/mol. The van der Waals surface area contributed by atoms with Gasteiger partial charge >= 0.3 is 0 Å². The van der Waals surface area contributed by atoms with Crippen molar-refractivity contribution in [2.24, 2.45) is 0 Å². The van der Waals surface area contributed by atoms with Gasteiger partial charge in [0.05, 0.1) is 7.11 Å². The second-order valence-corrected chi connectivity index (χ2v) is 5.46. The molecule has 0 heterocycles. The summed E-state index contributed by atoms with van der Waals surface area (Å²) < 4.78 is 5.09. The average Bonchev–Trinajstić information content (AvgIpc) is 2.48. The highest BCUT2D eigenvalue weighted by Crippen LogP contribution is 2.25. The molecule has 0 radical (unpaired) electrons. The fourth-order valence-electron chi connectivity index (χ4n) is 2.42. The molecule has 1 atom stereocenters. The summed E-state index contributed by atoms with van der Waals surface area (Å²) in [4.78, 5) is 0. The van der Waals surface area contributed by atoms with Gasteiger partial charge < -0.3 is 15.2 Å². The van der Waals surface area contributed by atoms with Crippen LogP contribution in [0.1, 0.15) is 35.2 Å². The van der Waals surface area contributed by atoms with Crippen LogP contribution in [0.4, 0.5) is 0 Å². The lowest BCUT2D eigenvalue weighted by molar-refractivity contribution is 0.405. The molecule has 0 aliphatic rings. The van der Waals surface area contributed by atoms with E-state index >= 15 is 0 Å². The van der Waals surface area contributed by atoms with E-state index in [4.69, 9.17) is 4.74 Å². The number of hydrogen-bond acceptors (Lipinski definition) is 3. The molecule has 112 valence electrons. The Morgan fingerprint density at radius 3 is 2.57 bits per heavy atom. The molecule has 0 bridgehead atoms.